The highest BCUT2D eigenvalue weighted by Crippen LogP contribution is 2.40. The normalized spacial score (nSPS) is 19.6. The molecular weight excluding hydrogens is 266 g/mol. The molecule has 0 unspecified atom stereocenters. The number of nitrogens with zero attached hydrogens (tertiary/aromatic N) is 4. The van der Waals surface area contributed by atoms with Gasteiger partial charge in [0.2, 0.25) is 0 Å². The Kier molecular flexibility index (Phi) is 3.11. The highest BCUT2D eigenvalue weighted by molar-refractivity contribution is 5.24. The second-order valence-electron chi connectivity index (χ2n) is 6.19. The number of likely N-dealkylation sites (tertiary alicyclic amines) is 1. The van der Waals surface area contributed by atoms with Gasteiger partial charge in [-0.15, -0.1) is 0 Å². The Hall–Kier alpha value is -1.95. The Bertz CT molecular complexity index is 681. The molecular formula is C15H19N5O. The van der Waals surface area contributed by atoms with Crippen molar-refractivity contribution in [1.82, 2.24) is 24.9 Å². The summed E-state index contributed by atoms with van der Waals surface area (Å²) in [7, 11) is 0. The predicted molar refractivity (Wildman–Crippen MR) is 77.8 cm³/mol. The summed E-state index contributed by atoms with van der Waals surface area (Å²) >= 11 is 0. The molecule has 0 atom stereocenters. The van der Waals surface area contributed by atoms with Crippen LogP contribution in [0.3, 0.4) is 0 Å². The molecule has 2 aliphatic rings. The van der Waals surface area contributed by atoms with Crippen molar-refractivity contribution in [3.8, 4) is 0 Å². The molecule has 1 saturated carbocycles. The van der Waals surface area contributed by atoms with Crippen molar-refractivity contribution in [2.24, 2.45) is 5.92 Å². The van der Waals surface area contributed by atoms with Crippen molar-refractivity contribution in [3.05, 3.63) is 46.1 Å². The van der Waals surface area contributed by atoms with Crippen LogP contribution in [-0.2, 0) is 13.1 Å². The highest BCUT2D eigenvalue weighted by Gasteiger charge is 2.31. The first-order chi connectivity index (χ1) is 10.3. The van der Waals surface area contributed by atoms with E-state index in [2.05, 4.69) is 20.2 Å². The van der Waals surface area contributed by atoms with Gasteiger partial charge in [0.1, 0.15) is 0 Å². The molecule has 3 heterocycles. The third-order valence-electron chi connectivity index (χ3n) is 4.38. The molecule has 0 bridgehead atoms. The van der Waals surface area contributed by atoms with Crippen LogP contribution in [0.5, 0.6) is 0 Å². The van der Waals surface area contributed by atoms with Gasteiger partial charge in [-0.3, -0.25) is 14.8 Å². The number of hydrogen-bond donors (Lipinski definition) is 1. The topological polar surface area (TPSA) is 66.8 Å². The van der Waals surface area contributed by atoms with Crippen molar-refractivity contribution >= 4 is 0 Å². The number of nitrogens with one attached hydrogen (secondary N) is 1. The van der Waals surface area contributed by atoms with Crippen LogP contribution >= 0.6 is 0 Å². The van der Waals surface area contributed by atoms with E-state index >= 15 is 0 Å². The summed E-state index contributed by atoms with van der Waals surface area (Å²) < 4.78 is 1.56. The zero-order chi connectivity index (χ0) is 14.2. The van der Waals surface area contributed by atoms with Crippen LogP contribution in [-0.4, -0.2) is 38.0 Å². The van der Waals surface area contributed by atoms with Crippen molar-refractivity contribution in [1.29, 1.82) is 0 Å². The number of aromatic amines is 1. The largest absolute Gasteiger partial charge is 0.298 e. The first-order valence-electron chi connectivity index (χ1n) is 7.56. The van der Waals surface area contributed by atoms with Crippen LogP contribution in [0.25, 0.3) is 0 Å². The zero-order valence-corrected chi connectivity index (χ0v) is 11.9. The zero-order valence-electron chi connectivity index (χ0n) is 11.9. The first kappa shape index (κ1) is 12.8. The fourth-order valence-electron chi connectivity index (χ4n) is 3.10. The molecule has 1 aliphatic carbocycles. The van der Waals surface area contributed by atoms with Crippen molar-refractivity contribution < 1.29 is 0 Å². The van der Waals surface area contributed by atoms with Gasteiger partial charge in [0.05, 0.1) is 12.7 Å². The van der Waals surface area contributed by atoms with E-state index in [4.69, 9.17) is 0 Å². The fraction of sp³-hybridized carbons (Fsp3) is 0.533. The van der Waals surface area contributed by atoms with E-state index in [1.165, 1.54) is 24.1 Å². The third kappa shape index (κ3) is 2.63. The van der Waals surface area contributed by atoms with E-state index in [1.807, 2.05) is 6.20 Å². The van der Waals surface area contributed by atoms with Gasteiger partial charge in [0, 0.05) is 55.0 Å². The molecule has 0 aromatic carbocycles. The molecule has 110 valence electrons. The molecule has 2 fully saturated rings. The van der Waals surface area contributed by atoms with E-state index in [0.29, 0.717) is 11.8 Å². The Labute approximate surface area is 122 Å². The minimum atomic E-state index is -0.0122. The SMILES string of the molecule is O=c1cccnn1CC1CN(Cc2cn[nH]c2C2CC2)C1. The molecule has 2 aromatic rings. The van der Waals surface area contributed by atoms with E-state index in [1.54, 1.807) is 23.0 Å². The van der Waals surface area contributed by atoms with Crippen LogP contribution in [0.2, 0.25) is 0 Å². The highest BCUT2D eigenvalue weighted by atomic mass is 16.1. The molecule has 6 heteroatoms. The van der Waals surface area contributed by atoms with Gasteiger partial charge in [0.15, 0.2) is 0 Å². The molecule has 0 spiro atoms. The molecule has 0 radical (unpaired) electrons. The number of H-pyrrole nitrogens is 1. The Morgan fingerprint density at radius 3 is 2.95 bits per heavy atom. The summed E-state index contributed by atoms with van der Waals surface area (Å²) in [4.78, 5) is 14.0. The van der Waals surface area contributed by atoms with Crippen LogP contribution < -0.4 is 5.56 Å². The number of aromatic nitrogens is 4. The molecule has 0 amide bonds. The lowest BCUT2D eigenvalue weighted by molar-refractivity contribution is 0.0764. The summed E-state index contributed by atoms with van der Waals surface area (Å²) in [5.74, 6) is 1.24. The smallest absolute Gasteiger partial charge is 0.266 e. The summed E-state index contributed by atoms with van der Waals surface area (Å²) in [5.41, 5.74) is 2.66. The quantitative estimate of drug-likeness (QED) is 0.889. The van der Waals surface area contributed by atoms with Gasteiger partial charge in [-0.1, -0.05) is 0 Å². The third-order valence-corrected chi connectivity index (χ3v) is 4.38. The Balaban J connectivity index is 1.32. The van der Waals surface area contributed by atoms with Crippen LogP contribution in [0.4, 0.5) is 0 Å². The van der Waals surface area contributed by atoms with Gasteiger partial charge in [-0.25, -0.2) is 4.68 Å². The van der Waals surface area contributed by atoms with Crippen molar-refractivity contribution in [3.63, 3.8) is 0 Å². The summed E-state index contributed by atoms with van der Waals surface area (Å²) in [6.45, 7) is 3.74. The van der Waals surface area contributed by atoms with Gasteiger partial charge in [0.25, 0.3) is 5.56 Å². The van der Waals surface area contributed by atoms with Crippen LogP contribution in [0.15, 0.2) is 29.3 Å². The lowest BCUT2D eigenvalue weighted by Crippen LogP contribution is -2.48. The standard InChI is InChI=1S/C15H19N5O/c21-14-2-1-5-17-20(14)9-11-7-19(8-11)10-13-6-16-18-15(13)12-3-4-12/h1-2,5-6,11-12H,3-4,7-10H2,(H,16,18). The summed E-state index contributed by atoms with van der Waals surface area (Å²) in [5, 5.41) is 11.5. The van der Waals surface area contributed by atoms with E-state index in [9.17, 15) is 4.79 Å². The molecule has 4 rings (SSSR count). The average molecular weight is 285 g/mol. The number of rotatable bonds is 5. The molecule has 1 N–H and O–H groups in total. The van der Waals surface area contributed by atoms with Gasteiger partial charge < -0.3 is 0 Å². The van der Waals surface area contributed by atoms with Crippen LogP contribution in [0, 0.1) is 5.92 Å². The second kappa shape index (κ2) is 5.11. The maximum atomic E-state index is 11.6. The summed E-state index contributed by atoms with van der Waals surface area (Å²) in [6, 6.07) is 3.25. The Morgan fingerprint density at radius 1 is 1.33 bits per heavy atom. The van der Waals surface area contributed by atoms with Gasteiger partial charge in [-0.2, -0.15) is 10.2 Å². The minimum Gasteiger partial charge on any atom is -0.298 e. The van der Waals surface area contributed by atoms with E-state index in [-0.39, 0.29) is 5.56 Å². The summed E-state index contributed by atoms with van der Waals surface area (Å²) in [6.07, 6.45) is 6.22. The molecule has 1 saturated heterocycles. The molecule has 6 nitrogen and oxygen atoms in total. The van der Waals surface area contributed by atoms with Crippen molar-refractivity contribution in [2.45, 2.75) is 31.8 Å². The van der Waals surface area contributed by atoms with Gasteiger partial charge in [-0.05, 0) is 18.9 Å². The maximum absolute atomic E-state index is 11.6. The number of hydrogen-bond acceptors (Lipinski definition) is 4. The van der Waals surface area contributed by atoms with Crippen LogP contribution in [0.1, 0.15) is 30.0 Å². The van der Waals surface area contributed by atoms with E-state index < -0.39 is 0 Å². The van der Waals surface area contributed by atoms with Crippen molar-refractivity contribution in [2.75, 3.05) is 13.1 Å². The minimum absolute atomic E-state index is 0.0122. The average Bonchev–Trinajstić information content (AvgIpc) is 3.18. The monoisotopic (exact) mass is 285 g/mol. The molecule has 21 heavy (non-hydrogen) atoms. The maximum Gasteiger partial charge on any atom is 0.266 e. The van der Waals surface area contributed by atoms with E-state index in [0.717, 1.165) is 26.2 Å². The van der Waals surface area contributed by atoms with Gasteiger partial charge >= 0.3 is 0 Å². The predicted octanol–water partition coefficient (Wildman–Crippen LogP) is 0.976. The lowest BCUT2D eigenvalue weighted by atomic mass is 9.99. The second-order valence-corrected chi connectivity index (χ2v) is 6.19. The molecule has 1 aliphatic heterocycles. The molecule has 2 aromatic heterocycles. The lowest BCUT2D eigenvalue weighted by Gasteiger charge is -2.39. The Morgan fingerprint density at radius 2 is 2.19 bits per heavy atom. The fourth-order valence-corrected chi connectivity index (χ4v) is 3.10. The first-order valence-corrected chi connectivity index (χ1v) is 7.56.